The average Bonchev–Trinajstić information content (AvgIpc) is 3.13. The highest BCUT2D eigenvalue weighted by Gasteiger charge is 2.50. The van der Waals surface area contributed by atoms with E-state index in [9.17, 15) is 4.79 Å². The topological polar surface area (TPSA) is 57.8 Å². The van der Waals surface area contributed by atoms with Crippen molar-refractivity contribution in [2.75, 3.05) is 6.54 Å². The van der Waals surface area contributed by atoms with E-state index in [1.807, 2.05) is 0 Å². The van der Waals surface area contributed by atoms with E-state index in [1.165, 1.54) is 55.4 Å². The fourth-order valence-corrected chi connectivity index (χ4v) is 8.36. The highest BCUT2D eigenvalue weighted by molar-refractivity contribution is 7.18. The van der Waals surface area contributed by atoms with Crippen molar-refractivity contribution < 1.29 is 0 Å². The second kappa shape index (κ2) is 5.65. The Morgan fingerprint density at radius 1 is 1.12 bits per heavy atom. The molecule has 138 valence electrons. The highest BCUT2D eigenvalue weighted by Crippen LogP contribution is 2.59. The molecular formula is C21H27N3OS. The summed E-state index contributed by atoms with van der Waals surface area (Å²) in [6.07, 6.45) is 12.1. The molecule has 0 saturated heterocycles. The van der Waals surface area contributed by atoms with Gasteiger partial charge < -0.3 is 10.3 Å². The summed E-state index contributed by atoms with van der Waals surface area (Å²) in [6.45, 7) is 1.79. The average molecular weight is 370 g/mol. The smallest absolute Gasteiger partial charge is 0.259 e. The molecular weight excluding hydrogens is 342 g/mol. The molecule has 7 rings (SSSR count). The minimum Gasteiger partial charge on any atom is -0.309 e. The number of hydrogen-bond donors (Lipinski definition) is 2. The molecule has 0 amide bonds. The van der Waals surface area contributed by atoms with E-state index >= 15 is 0 Å². The summed E-state index contributed by atoms with van der Waals surface area (Å²) in [7, 11) is 0. The molecule has 2 aromatic rings. The van der Waals surface area contributed by atoms with Crippen LogP contribution in [-0.2, 0) is 19.4 Å². The Kier molecular flexibility index (Phi) is 3.44. The normalized spacial score (nSPS) is 34.7. The number of aryl methyl sites for hydroxylation is 2. The molecule has 0 atom stereocenters. The Bertz CT molecular complexity index is 892. The largest absolute Gasteiger partial charge is 0.309 e. The number of aromatic nitrogens is 2. The zero-order valence-corrected chi connectivity index (χ0v) is 16.1. The maximum Gasteiger partial charge on any atom is 0.259 e. The number of fused-ring (bicyclic) bond motifs is 3. The maximum atomic E-state index is 12.6. The third-order valence-electron chi connectivity index (χ3n) is 7.58. The summed E-state index contributed by atoms with van der Waals surface area (Å²) >= 11 is 1.74. The lowest BCUT2D eigenvalue weighted by molar-refractivity contribution is -0.0514. The van der Waals surface area contributed by atoms with Crippen LogP contribution in [0.2, 0.25) is 0 Å². The summed E-state index contributed by atoms with van der Waals surface area (Å²) < 4.78 is 0. The summed E-state index contributed by atoms with van der Waals surface area (Å²) in [5, 5.41) is 4.54. The van der Waals surface area contributed by atoms with Gasteiger partial charge in [-0.3, -0.25) is 4.79 Å². The van der Waals surface area contributed by atoms with Crippen molar-refractivity contribution in [3.63, 3.8) is 0 Å². The molecule has 0 radical (unpaired) electrons. The van der Waals surface area contributed by atoms with E-state index in [1.54, 1.807) is 11.3 Å². The van der Waals surface area contributed by atoms with Crippen LogP contribution in [0.25, 0.3) is 10.2 Å². The Hall–Kier alpha value is -1.20. The van der Waals surface area contributed by atoms with Crippen molar-refractivity contribution in [1.82, 2.24) is 15.3 Å². The molecule has 5 aliphatic rings. The molecule has 2 heterocycles. The van der Waals surface area contributed by atoms with Gasteiger partial charge in [0, 0.05) is 11.4 Å². The number of hydrogen-bond acceptors (Lipinski definition) is 4. The fraction of sp³-hybridized carbons (Fsp3) is 0.714. The molecule has 4 fully saturated rings. The first-order valence-electron chi connectivity index (χ1n) is 10.4. The molecule has 5 heteroatoms. The lowest BCUT2D eigenvalue weighted by Gasteiger charge is -2.57. The van der Waals surface area contributed by atoms with Gasteiger partial charge in [0.1, 0.15) is 10.7 Å². The standard InChI is InChI=1S/C21H27N3OS/c25-19-18-15-2-1-3-16(15)26-20(18)24-17(23-19)10-22-11-21-7-12-4-13(8-21)6-14(5-12)9-21/h12-14,22H,1-11H2,(H,23,24,25). The monoisotopic (exact) mass is 369 g/mol. The number of nitrogens with one attached hydrogen (secondary N) is 2. The van der Waals surface area contributed by atoms with E-state index in [0.717, 1.165) is 53.2 Å². The molecule has 4 saturated carbocycles. The van der Waals surface area contributed by atoms with Gasteiger partial charge in [-0.15, -0.1) is 11.3 Å². The Balaban J connectivity index is 1.19. The van der Waals surface area contributed by atoms with Crippen molar-refractivity contribution in [2.45, 2.75) is 64.3 Å². The lowest BCUT2D eigenvalue weighted by atomic mass is 9.49. The van der Waals surface area contributed by atoms with Crippen LogP contribution in [0.1, 0.15) is 61.2 Å². The zero-order chi connectivity index (χ0) is 17.3. The molecule has 0 unspecified atom stereocenters. The number of nitrogens with zero attached hydrogens (tertiary/aromatic N) is 1. The minimum atomic E-state index is 0.0704. The van der Waals surface area contributed by atoms with Gasteiger partial charge in [0.05, 0.1) is 11.9 Å². The van der Waals surface area contributed by atoms with E-state index < -0.39 is 0 Å². The Morgan fingerprint density at radius 3 is 2.58 bits per heavy atom. The van der Waals surface area contributed by atoms with Gasteiger partial charge in [-0.05, 0) is 86.5 Å². The van der Waals surface area contributed by atoms with Crippen molar-refractivity contribution in [3.8, 4) is 0 Å². The second-order valence-electron chi connectivity index (χ2n) is 9.57. The van der Waals surface area contributed by atoms with Crippen molar-refractivity contribution in [1.29, 1.82) is 0 Å². The number of H-pyrrole nitrogens is 1. The van der Waals surface area contributed by atoms with E-state index in [4.69, 9.17) is 4.98 Å². The van der Waals surface area contributed by atoms with E-state index in [2.05, 4.69) is 10.3 Å². The predicted octanol–water partition coefficient (Wildman–Crippen LogP) is 3.78. The van der Waals surface area contributed by atoms with Crippen LogP contribution in [0, 0.1) is 23.2 Å². The van der Waals surface area contributed by atoms with Crippen molar-refractivity contribution >= 4 is 21.6 Å². The zero-order valence-electron chi connectivity index (χ0n) is 15.3. The van der Waals surface area contributed by atoms with E-state index in [-0.39, 0.29) is 5.56 Å². The first-order valence-corrected chi connectivity index (χ1v) is 11.2. The third-order valence-corrected chi connectivity index (χ3v) is 8.77. The quantitative estimate of drug-likeness (QED) is 0.862. The summed E-state index contributed by atoms with van der Waals surface area (Å²) in [5.74, 6) is 3.79. The molecule has 2 aromatic heterocycles. The Labute approximate surface area is 157 Å². The summed E-state index contributed by atoms with van der Waals surface area (Å²) in [5.41, 5.74) is 1.87. The molecule has 4 bridgehead atoms. The highest BCUT2D eigenvalue weighted by atomic mass is 32.1. The molecule has 0 aromatic carbocycles. The van der Waals surface area contributed by atoms with Crippen LogP contribution in [0.3, 0.4) is 0 Å². The first kappa shape index (κ1) is 15.8. The van der Waals surface area contributed by atoms with Crippen molar-refractivity contribution in [2.24, 2.45) is 23.2 Å². The summed E-state index contributed by atoms with van der Waals surface area (Å²) in [6, 6.07) is 0. The van der Waals surface area contributed by atoms with Crippen molar-refractivity contribution in [3.05, 3.63) is 26.6 Å². The van der Waals surface area contributed by atoms with Crippen LogP contribution in [-0.4, -0.2) is 16.5 Å². The van der Waals surface area contributed by atoms with Crippen LogP contribution in [0.15, 0.2) is 4.79 Å². The van der Waals surface area contributed by atoms with Gasteiger partial charge in [-0.25, -0.2) is 4.98 Å². The minimum absolute atomic E-state index is 0.0704. The van der Waals surface area contributed by atoms with Crippen LogP contribution in [0.4, 0.5) is 0 Å². The lowest BCUT2D eigenvalue weighted by Crippen LogP contribution is -2.50. The fourth-order valence-electron chi connectivity index (χ4n) is 7.08. The van der Waals surface area contributed by atoms with Gasteiger partial charge in [-0.2, -0.15) is 0 Å². The number of rotatable bonds is 4. The van der Waals surface area contributed by atoms with Crippen LogP contribution < -0.4 is 10.9 Å². The molecule has 26 heavy (non-hydrogen) atoms. The van der Waals surface area contributed by atoms with Crippen LogP contribution in [0.5, 0.6) is 0 Å². The third kappa shape index (κ3) is 2.43. The first-order chi connectivity index (χ1) is 12.7. The van der Waals surface area contributed by atoms with E-state index in [0.29, 0.717) is 12.0 Å². The van der Waals surface area contributed by atoms with Gasteiger partial charge in [0.2, 0.25) is 0 Å². The SMILES string of the molecule is O=c1[nH]c(CNCC23CC4CC(CC(C4)C2)C3)nc2sc3c(c12)CCC3. The van der Waals surface area contributed by atoms with Gasteiger partial charge >= 0.3 is 0 Å². The molecule has 0 spiro atoms. The predicted molar refractivity (Wildman–Crippen MR) is 105 cm³/mol. The molecule has 4 nitrogen and oxygen atoms in total. The second-order valence-corrected chi connectivity index (χ2v) is 10.7. The summed E-state index contributed by atoms with van der Waals surface area (Å²) in [4.78, 5) is 22.8. The van der Waals surface area contributed by atoms with Gasteiger partial charge in [0.15, 0.2) is 0 Å². The molecule has 2 N–H and O–H groups in total. The van der Waals surface area contributed by atoms with Gasteiger partial charge in [-0.1, -0.05) is 0 Å². The Morgan fingerprint density at radius 2 is 1.85 bits per heavy atom. The van der Waals surface area contributed by atoms with Gasteiger partial charge in [0.25, 0.3) is 5.56 Å². The van der Waals surface area contributed by atoms with Crippen LogP contribution >= 0.6 is 11.3 Å². The number of thiophene rings is 1. The molecule has 0 aliphatic heterocycles. The number of aromatic amines is 1. The molecule has 5 aliphatic carbocycles. The maximum absolute atomic E-state index is 12.6.